The number of nitrogens with zero attached hydrogens (tertiary/aromatic N) is 1. The first-order valence-corrected chi connectivity index (χ1v) is 6.10. The number of ether oxygens (including phenoxy) is 2. The maximum absolute atomic E-state index is 11.4. The number of alkyl halides is 1. The third kappa shape index (κ3) is 2.71. The minimum Gasteiger partial charge on any atom is -0.497 e. The van der Waals surface area contributed by atoms with E-state index in [9.17, 15) is 4.79 Å². The van der Waals surface area contributed by atoms with Gasteiger partial charge in [-0.25, -0.2) is 5.10 Å². The summed E-state index contributed by atoms with van der Waals surface area (Å²) in [5, 5.41) is 6.43. The fourth-order valence-electron chi connectivity index (χ4n) is 1.69. The van der Waals surface area contributed by atoms with Crippen molar-refractivity contribution in [2.24, 2.45) is 0 Å². The number of hydrogen-bond donors (Lipinski definition) is 1. The van der Waals surface area contributed by atoms with Crippen LogP contribution in [-0.2, 0) is 5.88 Å². The molecular weight excluding hydrogens is 268 g/mol. The van der Waals surface area contributed by atoms with E-state index in [-0.39, 0.29) is 11.4 Å². The normalized spacial score (nSPS) is 10.3. The van der Waals surface area contributed by atoms with Crippen LogP contribution in [0.25, 0.3) is 11.3 Å². The molecule has 5 nitrogen and oxygen atoms in total. The van der Waals surface area contributed by atoms with E-state index in [1.54, 1.807) is 32.4 Å². The monoisotopic (exact) mass is 280 g/mol. The standard InChI is InChI=1S/C13H13ClN2O3/c1-18-9-3-4-10(12(6-9)19-2)11-5-8(7-14)13(17)16-15-11/h3-6H,7H2,1-2H3,(H,16,17). The molecule has 0 atom stereocenters. The number of rotatable bonds is 4. The summed E-state index contributed by atoms with van der Waals surface area (Å²) in [6.45, 7) is 0. The van der Waals surface area contributed by atoms with E-state index in [0.29, 0.717) is 22.8 Å². The molecule has 2 aromatic rings. The summed E-state index contributed by atoms with van der Waals surface area (Å²) in [4.78, 5) is 11.4. The fourth-order valence-corrected chi connectivity index (χ4v) is 1.89. The van der Waals surface area contributed by atoms with Gasteiger partial charge in [-0.1, -0.05) is 0 Å². The van der Waals surface area contributed by atoms with Crippen LogP contribution in [0.4, 0.5) is 0 Å². The molecule has 0 amide bonds. The van der Waals surface area contributed by atoms with Crippen LogP contribution in [0.5, 0.6) is 11.5 Å². The van der Waals surface area contributed by atoms with Gasteiger partial charge in [0.15, 0.2) is 0 Å². The summed E-state index contributed by atoms with van der Waals surface area (Å²) < 4.78 is 10.4. The Bertz CT molecular complexity index is 640. The summed E-state index contributed by atoms with van der Waals surface area (Å²) in [7, 11) is 3.14. The number of benzene rings is 1. The van der Waals surface area contributed by atoms with E-state index in [1.165, 1.54) is 0 Å². The molecule has 1 aromatic heterocycles. The third-order valence-corrected chi connectivity index (χ3v) is 3.00. The molecular formula is C13H13ClN2O3. The predicted molar refractivity (Wildman–Crippen MR) is 73.0 cm³/mol. The highest BCUT2D eigenvalue weighted by molar-refractivity contribution is 6.17. The lowest BCUT2D eigenvalue weighted by Crippen LogP contribution is -2.13. The molecule has 0 spiro atoms. The second kappa shape index (κ2) is 5.75. The van der Waals surface area contributed by atoms with Gasteiger partial charge in [0.25, 0.3) is 5.56 Å². The highest BCUT2D eigenvalue weighted by Gasteiger charge is 2.11. The van der Waals surface area contributed by atoms with E-state index < -0.39 is 0 Å². The summed E-state index contributed by atoms with van der Waals surface area (Å²) in [6.07, 6.45) is 0. The Hall–Kier alpha value is -2.01. The van der Waals surface area contributed by atoms with Gasteiger partial charge in [0, 0.05) is 17.2 Å². The highest BCUT2D eigenvalue weighted by Crippen LogP contribution is 2.31. The molecule has 100 valence electrons. The summed E-state index contributed by atoms with van der Waals surface area (Å²) in [5.74, 6) is 1.42. The van der Waals surface area contributed by atoms with Crippen molar-refractivity contribution >= 4 is 11.6 Å². The number of nitrogens with one attached hydrogen (secondary N) is 1. The molecule has 19 heavy (non-hydrogen) atoms. The number of methoxy groups -OCH3 is 2. The molecule has 0 saturated heterocycles. The predicted octanol–water partition coefficient (Wildman–Crippen LogP) is 2.19. The largest absolute Gasteiger partial charge is 0.497 e. The molecule has 0 saturated carbocycles. The topological polar surface area (TPSA) is 64.2 Å². The minimum atomic E-state index is -0.286. The Morgan fingerprint density at radius 3 is 2.68 bits per heavy atom. The molecule has 0 fully saturated rings. The van der Waals surface area contributed by atoms with Crippen molar-refractivity contribution in [2.75, 3.05) is 14.2 Å². The number of aromatic nitrogens is 2. The zero-order valence-corrected chi connectivity index (χ0v) is 11.3. The van der Waals surface area contributed by atoms with Crippen LogP contribution >= 0.6 is 11.6 Å². The van der Waals surface area contributed by atoms with Crippen LogP contribution in [-0.4, -0.2) is 24.4 Å². The zero-order valence-electron chi connectivity index (χ0n) is 10.6. The Kier molecular flexibility index (Phi) is 4.06. The van der Waals surface area contributed by atoms with E-state index >= 15 is 0 Å². The number of halogens is 1. The number of H-pyrrole nitrogens is 1. The molecule has 1 heterocycles. The first-order chi connectivity index (χ1) is 9.19. The minimum absolute atomic E-state index is 0.128. The Balaban J connectivity index is 2.55. The van der Waals surface area contributed by atoms with Gasteiger partial charge in [-0.05, 0) is 18.2 Å². The lowest BCUT2D eigenvalue weighted by Gasteiger charge is -2.10. The summed E-state index contributed by atoms with van der Waals surface area (Å²) in [5.41, 5.74) is 1.52. The van der Waals surface area contributed by atoms with Gasteiger partial charge in [0.1, 0.15) is 11.5 Å². The van der Waals surface area contributed by atoms with E-state index in [0.717, 1.165) is 5.56 Å². The first kappa shape index (κ1) is 13.4. The van der Waals surface area contributed by atoms with E-state index in [2.05, 4.69) is 10.2 Å². The van der Waals surface area contributed by atoms with Gasteiger partial charge < -0.3 is 9.47 Å². The molecule has 1 N–H and O–H groups in total. The maximum atomic E-state index is 11.4. The molecule has 0 unspecified atom stereocenters. The molecule has 0 aliphatic carbocycles. The lowest BCUT2D eigenvalue weighted by atomic mass is 10.1. The second-order valence-electron chi connectivity index (χ2n) is 3.81. The van der Waals surface area contributed by atoms with Crippen LogP contribution in [0.15, 0.2) is 29.1 Å². The van der Waals surface area contributed by atoms with Crippen molar-refractivity contribution in [3.63, 3.8) is 0 Å². The van der Waals surface area contributed by atoms with E-state index in [1.807, 2.05) is 6.07 Å². The first-order valence-electron chi connectivity index (χ1n) is 5.56. The van der Waals surface area contributed by atoms with Gasteiger partial charge in [-0.15, -0.1) is 11.6 Å². The average Bonchev–Trinajstić information content (AvgIpc) is 2.47. The Morgan fingerprint density at radius 2 is 2.05 bits per heavy atom. The van der Waals surface area contributed by atoms with Gasteiger partial charge in [0.2, 0.25) is 0 Å². The van der Waals surface area contributed by atoms with Crippen molar-refractivity contribution in [3.05, 3.63) is 40.2 Å². The highest BCUT2D eigenvalue weighted by atomic mass is 35.5. The van der Waals surface area contributed by atoms with Gasteiger partial charge in [-0.2, -0.15) is 5.10 Å². The number of aromatic amines is 1. The average molecular weight is 281 g/mol. The quantitative estimate of drug-likeness (QED) is 0.872. The number of hydrogen-bond acceptors (Lipinski definition) is 4. The van der Waals surface area contributed by atoms with Crippen molar-refractivity contribution in [2.45, 2.75) is 5.88 Å². The second-order valence-corrected chi connectivity index (χ2v) is 4.07. The summed E-state index contributed by atoms with van der Waals surface area (Å²) in [6, 6.07) is 7.01. The van der Waals surface area contributed by atoms with Crippen LogP contribution in [0, 0.1) is 0 Å². The van der Waals surface area contributed by atoms with Crippen LogP contribution in [0.1, 0.15) is 5.56 Å². The molecule has 1 aromatic carbocycles. The van der Waals surface area contributed by atoms with Gasteiger partial charge >= 0.3 is 0 Å². The molecule has 0 bridgehead atoms. The van der Waals surface area contributed by atoms with E-state index in [4.69, 9.17) is 21.1 Å². The lowest BCUT2D eigenvalue weighted by molar-refractivity contribution is 0.395. The third-order valence-electron chi connectivity index (χ3n) is 2.71. The zero-order chi connectivity index (χ0) is 13.8. The molecule has 0 radical (unpaired) electrons. The van der Waals surface area contributed by atoms with Crippen LogP contribution in [0.3, 0.4) is 0 Å². The Morgan fingerprint density at radius 1 is 1.26 bits per heavy atom. The van der Waals surface area contributed by atoms with Gasteiger partial charge in [0.05, 0.1) is 25.8 Å². The maximum Gasteiger partial charge on any atom is 0.268 e. The van der Waals surface area contributed by atoms with Crippen molar-refractivity contribution < 1.29 is 9.47 Å². The molecule has 2 rings (SSSR count). The van der Waals surface area contributed by atoms with Gasteiger partial charge in [-0.3, -0.25) is 4.79 Å². The smallest absolute Gasteiger partial charge is 0.268 e. The Labute approximate surface area is 115 Å². The van der Waals surface area contributed by atoms with Crippen molar-refractivity contribution in [3.8, 4) is 22.8 Å². The van der Waals surface area contributed by atoms with Crippen molar-refractivity contribution in [1.29, 1.82) is 0 Å². The van der Waals surface area contributed by atoms with Crippen LogP contribution < -0.4 is 15.0 Å². The molecule has 6 heteroatoms. The SMILES string of the molecule is COc1ccc(-c2cc(CCl)c(=O)[nH]n2)c(OC)c1. The van der Waals surface area contributed by atoms with Crippen LogP contribution in [0.2, 0.25) is 0 Å². The molecule has 0 aliphatic heterocycles. The van der Waals surface area contributed by atoms with Crippen molar-refractivity contribution in [1.82, 2.24) is 10.2 Å². The summed E-state index contributed by atoms with van der Waals surface area (Å²) >= 11 is 5.71. The molecule has 0 aliphatic rings. The fraction of sp³-hybridized carbons (Fsp3) is 0.231.